The van der Waals surface area contributed by atoms with Gasteiger partial charge in [0.1, 0.15) is 5.82 Å². The predicted octanol–water partition coefficient (Wildman–Crippen LogP) is 3.00. The number of halogens is 1. The molecule has 3 unspecified atom stereocenters. The smallest absolute Gasteiger partial charge is 0.225 e. The van der Waals surface area contributed by atoms with Crippen LogP contribution >= 0.6 is 11.8 Å². The summed E-state index contributed by atoms with van der Waals surface area (Å²) in [5.41, 5.74) is 6.99. The Morgan fingerprint density at radius 3 is 2.90 bits per heavy atom. The summed E-state index contributed by atoms with van der Waals surface area (Å²) >= 11 is 1.72. The van der Waals surface area contributed by atoms with Crippen LogP contribution in [0.2, 0.25) is 0 Å². The van der Waals surface area contributed by atoms with E-state index in [1.54, 1.807) is 23.9 Å². The Labute approximate surface area is 128 Å². The van der Waals surface area contributed by atoms with Gasteiger partial charge in [0.05, 0.1) is 12.0 Å². The van der Waals surface area contributed by atoms with E-state index in [1.807, 2.05) is 0 Å². The Morgan fingerprint density at radius 2 is 2.10 bits per heavy atom. The molecule has 0 aromatic heterocycles. The molecule has 1 heterocycles. The summed E-state index contributed by atoms with van der Waals surface area (Å²) in [5, 5.41) is 3.10. The Hall–Kier alpha value is -1.07. The van der Waals surface area contributed by atoms with Gasteiger partial charge in [-0.05, 0) is 43.0 Å². The summed E-state index contributed by atoms with van der Waals surface area (Å²) in [4.78, 5) is 13.6. The van der Waals surface area contributed by atoms with Gasteiger partial charge in [-0.3, -0.25) is 4.79 Å². The van der Waals surface area contributed by atoms with Gasteiger partial charge < -0.3 is 11.1 Å². The minimum atomic E-state index is -0.245. The van der Waals surface area contributed by atoms with E-state index in [0.29, 0.717) is 0 Å². The quantitative estimate of drug-likeness (QED) is 0.883. The van der Waals surface area contributed by atoms with Crippen LogP contribution in [0.15, 0.2) is 23.1 Å². The lowest BCUT2D eigenvalue weighted by molar-refractivity contribution is -0.127. The van der Waals surface area contributed by atoms with E-state index in [9.17, 15) is 9.18 Å². The Balaban J connectivity index is 1.74. The zero-order valence-electron chi connectivity index (χ0n) is 12.0. The number of fused-ring (bicyclic) bond motifs is 1. The average molecular weight is 308 g/mol. The fourth-order valence-corrected chi connectivity index (χ4v) is 4.38. The lowest BCUT2D eigenvalue weighted by atomic mass is 9.84. The van der Waals surface area contributed by atoms with E-state index in [-0.39, 0.29) is 29.7 Å². The van der Waals surface area contributed by atoms with E-state index in [0.717, 1.165) is 48.3 Å². The summed E-state index contributed by atoms with van der Waals surface area (Å²) in [6.07, 6.45) is 4.81. The summed E-state index contributed by atoms with van der Waals surface area (Å²) in [7, 11) is 0. The molecule has 1 aromatic rings. The molecule has 3 atom stereocenters. The number of thioether (sulfide) groups is 1. The molecule has 0 saturated heterocycles. The number of carbonyl (C=O) groups excluding carboxylic acids is 1. The first-order valence-electron chi connectivity index (χ1n) is 7.63. The number of nitrogens with two attached hydrogens (primary N) is 1. The Bertz CT molecular complexity index is 537. The van der Waals surface area contributed by atoms with Crippen LogP contribution < -0.4 is 11.1 Å². The zero-order valence-corrected chi connectivity index (χ0v) is 12.8. The van der Waals surface area contributed by atoms with Crippen molar-refractivity contribution in [2.24, 2.45) is 11.7 Å². The van der Waals surface area contributed by atoms with Gasteiger partial charge >= 0.3 is 0 Å². The van der Waals surface area contributed by atoms with Crippen molar-refractivity contribution in [1.29, 1.82) is 0 Å². The van der Waals surface area contributed by atoms with Crippen molar-refractivity contribution in [3.05, 3.63) is 29.6 Å². The van der Waals surface area contributed by atoms with Crippen LogP contribution in [-0.4, -0.2) is 17.7 Å². The van der Waals surface area contributed by atoms with Gasteiger partial charge in [0.25, 0.3) is 0 Å². The fraction of sp³-hybridized carbons (Fsp3) is 0.562. The molecule has 114 valence electrons. The van der Waals surface area contributed by atoms with Crippen molar-refractivity contribution in [2.75, 3.05) is 5.75 Å². The first-order chi connectivity index (χ1) is 10.1. The number of nitrogens with one attached hydrogen (secondary N) is 1. The summed E-state index contributed by atoms with van der Waals surface area (Å²) in [6, 6.07) is 4.71. The third kappa shape index (κ3) is 3.24. The van der Waals surface area contributed by atoms with Crippen molar-refractivity contribution < 1.29 is 9.18 Å². The SMILES string of the molecule is NC1CCCCC1C(=O)NC1CCSc2ccc(F)cc21. The first-order valence-corrected chi connectivity index (χ1v) is 8.62. The lowest BCUT2D eigenvalue weighted by Crippen LogP contribution is -2.45. The van der Waals surface area contributed by atoms with E-state index < -0.39 is 0 Å². The highest BCUT2D eigenvalue weighted by Gasteiger charge is 2.31. The highest BCUT2D eigenvalue weighted by molar-refractivity contribution is 7.99. The molecule has 1 aromatic carbocycles. The van der Waals surface area contributed by atoms with Gasteiger partial charge in [-0.15, -0.1) is 11.8 Å². The van der Waals surface area contributed by atoms with Crippen molar-refractivity contribution in [3.8, 4) is 0 Å². The topological polar surface area (TPSA) is 55.1 Å². The first kappa shape index (κ1) is 14.9. The Morgan fingerprint density at radius 1 is 1.29 bits per heavy atom. The third-order valence-electron chi connectivity index (χ3n) is 4.48. The van der Waals surface area contributed by atoms with Gasteiger partial charge in [-0.1, -0.05) is 12.8 Å². The number of hydrogen-bond donors (Lipinski definition) is 2. The number of amides is 1. The minimum Gasteiger partial charge on any atom is -0.349 e. The third-order valence-corrected chi connectivity index (χ3v) is 5.61. The van der Waals surface area contributed by atoms with Crippen molar-refractivity contribution in [1.82, 2.24) is 5.32 Å². The highest BCUT2D eigenvalue weighted by atomic mass is 32.2. The molecule has 1 aliphatic carbocycles. The molecule has 2 aliphatic rings. The zero-order chi connectivity index (χ0) is 14.8. The molecule has 3 nitrogen and oxygen atoms in total. The molecule has 21 heavy (non-hydrogen) atoms. The molecule has 3 rings (SSSR count). The molecule has 3 N–H and O–H groups in total. The van der Waals surface area contributed by atoms with Gasteiger partial charge in [0.2, 0.25) is 5.91 Å². The van der Waals surface area contributed by atoms with Gasteiger partial charge in [-0.2, -0.15) is 0 Å². The summed E-state index contributed by atoms with van der Waals surface area (Å²) in [6.45, 7) is 0. The average Bonchev–Trinajstić information content (AvgIpc) is 2.48. The second kappa shape index (κ2) is 6.36. The standard InChI is InChI=1S/C16H21FN2OS/c17-10-5-6-15-12(9-10)14(7-8-21-15)19-16(20)11-3-1-2-4-13(11)18/h5-6,9,11,13-14H,1-4,7-8,18H2,(H,19,20). The van der Waals surface area contributed by atoms with Crippen molar-refractivity contribution in [2.45, 2.75) is 49.1 Å². The molecule has 0 spiro atoms. The largest absolute Gasteiger partial charge is 0.349 e. The molecular weight excluding hydrogens is 287 g/mol. The van der Waals surface area contributed by atoms with E-state index in [1.165, 1.54) is 6.07 Å². The number of benzene rings is 1. The molecule has 1 fully saturated rings. The van der Waals surface area contributed by atoms with Crippen molar-refractivity contribution in [3.63, 3.8) is 0 Å². The van der Waals surface area contributed by atoms with Gasteiger partial charge in [0, 0.05) is 16.7 Å². The van der Waals surface area contributed by atoms with Crippen LogP contribution in [0.4, 0.5) is 4.39 Å². The lowest BCUT2D eigenvalue weighted by Gasteiger charge is -2.31. The van der Waals surface area contributed by atoms with E-state index in [2.05, 4.69) is 5.32 Å². The normalized spacial score (nSPS) is 28.8. The number of carbonyl (C=O) groups is 1. The highest BCUT2D eigenvalue weighted by Crippen LogP contribution is 2.37. The van der Waals surface area contributed by atoms with Crippen LogP contribution in [0.5, 0.6) is 0 Å². The van der Waals surface area contributed by atoms with Crippen molar-refractivity contribution >= 4 is 17.7 Å². The van der Waals surface area contributed by atoms with Crippen LogP contribution in [-0.2, 0) is 4.79 Å². The van der Waals surface area contributed by atoms with Crippen LogP contribution in [0.25, 0.3) is 0 Å². The maximum absolute atomic E-state index is 13.5. The number of rotatable bonds is 2. The maximum Gasteiger partial charge on any atom is 0.225 e. The molecule has 0 bridgehead atoms. The molecule has 1 saturated carbocycles. The van der Waals surface area contributed by atoms with E-state index >= 15 is 0 Å². The summed E-state index contributed by atoms with van der Waals surface area (Å²) in [5.74, 6) is 0.643. The monoisotopic (exact) mass is 308 g/mol. The number of hydrogen-bond acceptors (Lipinski definition) is 3. The van der Waals surface area contributed by atoms with E-state index in [4.69, 9.17) is 5.73 Å². The van der Waals surface area contributed by atoms with Gasteiger partial charge in [-0.25, -0.2) is 4.39 Å². The fourth-order valence-electron chi connectivity index (χ4n) is 3.28. The molecular formula is C16H21FN2OS. The second-order valence-electron chi connectivity index (χ2n) is 5.94. The molecule has 1 aliphatic heterocycles. The Kier molecular flexibility index (Phi) is 4.50. The molecule has 1 amide bonds. The van der Waals surface area contributed by atoms with Gasteiger partial charge in [0.15, 0.2) is 0 Å². The van der Waals surface area contributed by atoms with Crippen LogP contribution in [0.3, 0.4) is 0 Å². The van der Waals surface area contributed by atoms with Crippen LogP contribution in [0.1, 0.15) is 43.7 Å². The molecule has 5 heteroatoms. The maximum atomic E-state index is 13.5. The minimum absolute atomic E-state index is 0.0364. The predicted molar refractivity (Wildman–Crippen MR) is 82.6 cm³/mol. The van der Waals surface area contributed by atoms with Crippen LogP contribution in [0, 0.1) is 11.7 Å². The summed E-state index contributed by atoms with van der Waals surface area (Å²) < 4.78 is 13.5. The molecule has 0 radical (unpaired) electrons. The second-order valence-corrected chi connectivity index (χ2v) is 7.07.